The molecule has 3 rings (SSSR count). The van der Waals surface area contributed by atoms with E-state index in [-0.39, 0.29) is 17.3 Å². The molecule has 1 aromatic carbocycles. The molecular formula is C18H25FN4O. The van der Waals surface area contributed by atoms with E-state index < -0.39 is 0 Å². The van der Waals surface area contributed by atoms with E-state index in [0.717, 1.165) is 32.0 Å². The Hall–Kier alpha value is -1.95. The fourth-order valence-corrected chi connectivity index (χ4v) is 2.92. The molecule has 2 heterocycles. The topological polar surface area (TPSA) is 45.4 Å². The van der Waals surface area contributed by atoms with Gasteiger partial charge >= 0.3 is 0 Å². The Balaban J connectivity index is 1.64. The first-order chi connectivity index (χ1) is 11.4. The summed E-state index contributed by atoms with van der Waals surface area (Å²) in [5.41, 5.74) is 0.558. The highest BCUT2D eigenvalue weighted by Gasteiger charge is 2.28. The number of piperazine rings is 1. The van der Waals surface area contributed by atoms with Crippen LogP contribution < -0.4 is 4.90 Å². The van der Waals surface area contributed by atoms with Gasteiger partial charge in [0, 0.05) is 31.6 Å². The summed E-state index contributed by atoms with van der Waals surface area (Å²) in [5, 5.41) is 4.10. The van der Waals surface area contributed by atoms with E-state index >= 15 is 0 Å². The Kier molecular flexibility index (Phi) is 4.58. The number of halogens is 1. The zero-order valence-electron chi connectivity index (χ0n) is 14.8. The van der Waals surface area contributed by atoms with Crippen LogP contribution in [0.5, 0.6) is 0 Å². The SMILES string of the molecule is CC(c1nc(C(C)(C)C)no1)N1CCN(c2ccccc2F)CC1. The molecule has 1 aliphatic heterocycles. The van der Waals surface area contributed by atoms with E-state index in [1.165, 1.54) is 6.07 Å². The number of benzene rings is 1. The average Bonchev–Trinajstić information content (AvgIpc) is 3.05. The summed E-state index contributed by atoms with van der Waals surface area (Å²) in [7, 11) is 0. The quantitative estimate of drug-likeness (QED) is 0.862. The fraction of sp³-hybridized carbons (Fsp3) is 0.556. The van der Waals surface area contributed by atoms with Crippen LogP contribution in [0.2, 0.25) is 0 Å². The van der Waals surface area contributed by atoms with E-state index in [0.29, 0.717) is 11.6 Å². The van der Waals surface area contributed by atoms with Crippen LogP contribution in [0.1, 0.15) is 45.5 Å². The van der Waals surface area contributed by atoms with Crippen molar-refractivity contribution < 1.29 is 8.91 Å². The number of rotatable bonds is 3. The van der Waals surface area contributed by atoms with E-state index in [1.54, 1.807) is 6.07 Å². The van der Waals surface area contributed by atoms with Gasteiger partial charge in [0.1, 0.15) is 5.82 Å². The number of hydrogen-bond acceptors (Lipinski definition) is 5. The lowest BCUT2D eigenvalue weighted by molar-refractivity contribution is 0.164. The van der Waals surface area contributed by atoms with Crippen LogP contribution in [0.25, 0.3) is 0 Å². The van der Waals surface area contributed by atoms with Crippen LogP contribution in [-0.2, 0) is 5.41 Å². The maximum absolute atomic E-state index is 13.9. The van der Waals surface area contributed by atoms with Gasteiger partial charge in [-0.25, -0.2) is 4.39 Å². The smallest absolute Gasteiger partial charge is 0.243 e. The summed E-state index contributed by atoms with van der Waals surface area (Å²) >= 11 is 0. The van der Waals surface area contributed by atoms with Gasteiger partial charge in [-0.2, -0.15) is 4.98 Å². The van der Waals surface area contributed by atoms with Gasteiger partial charge in [0.25, 0.3) is 0 Å². The second-order valence-electron chi connectivity index (χ2n) is 7.36. The molecular weight excluding hydrogens is 307 g/mol. The number of nitrogens with zero attached hydrogens (tertiary/aromatic N) is 4. The highest BCUT2D eigenvalue weighted by molar-refractivity contribution is 5.48. The minimum atomic E-state index is -0.161. The van der Waals surface area contributed by atoms with Crippen LogP contribution in [0.15, 0.2) is 28.8 Å². The van der Waals surface area contributed by atoms with E-state index in [9.17, 15) is 4.39 Å². The van der Waals surface area contributed by atoms with E-state index in [1.807, 2.05) is 12.1 Å². The molecule has 0 bridgehead atoms. The number of anilines is 1. The third-order valence-corrected chi connectivity index (χ3v) is 4.53. The molecule has 1 saturated heterocycles. The molecule has 6 heteroatoms. The molecule has 1 aliphatic rings. The second-order valence-corrected chi connectivity index (χ2v) is 7.36. The molecule has 0 aliphatic carbocycles. The summed E-state index contributed by atoms with van der Waals surface area (Å²) in [6, 6.07) is 7.01. The Labute approximate surface area is 142 Å². The summed E-state index contributed by atoms with van der Waals surface area (Å²) < 4.78 is 19.4. The van der Waals surface area contributed by atoms with Crippen molar-refractivity contribution in [2.24, 2.45) is 0 Å². The van der Waals surface area contributed by atoms with Gasteiger partial charge in [-0.3, -0.25) is 4.90 Å². The largest absolute Gasteiger partial charge is 0.367 e. The predicted molar refractivity (Wildman–Crippen MR) is 91.6 cm³/mol. The molecule has 0 N–H and O–H groups in total. The molecule has 1 atom stereocenters. The van der Waals surface area contributed by atoms with E-state index in [4.69, 9.17) is 4.52 Å². The molecule has 0 radical (unpaired) electrons. The molecule has 24 heavy (non-hydrogen) atoms. The van der Waals surface area contributed by atoms with Crippen LogP contribution in [-0.4, -0.2) is 41.2 Å². The Morgan fingerprint density at radius 2 is 1.79 bits per heavy atom. The van der Waals surface area contributed by atoms with Crippen molar-refractivity contribution in [3.8, 4) is 0 Å². The lowest BCUT2D eigenvalue weighted by Gasteiger charge is -2.38. The summed E-state index contributed by atoms with van der Waals surface area (Å²) in [6.45, 7) is 11.5. The Bertz CT molecular complexity index is 686. The highest BCUT2D eigenvalue weighted by Crippen LogP contribution is 2.26. The maximum atomic E-state index is 13.9. The first-order valence-electron chi connectivity index (χ1n) is 8.44. The van der Waals surface area contributed by atoms with Crippen molar-refractivity contribution >= 4 is 5.69 Å². The van der Waals surface area contributed by atoms with Crippen LogP contribution in [0.3, 0.4) is 0 Å². The minimum absolute atomic E-state index is 0.0661. The lowest BCUT2D eigenvalue weighted by atomic mass is 9.96. The van der Waals surface area contributed by atoms with Crippen LogP contribution in [0.4, 0.5) is 10.1 Å². The molecule has 0 saturated carbocycles. The second kappa shape index (κ2) is 6.51. The van der Waals surface area contributed by atoms with Crippen molar-refractivity contribution in [3.63, 3.8) is 0 Å². The van der Waals surface area contributed by atoms with Gasteiger partial charge in [0.2, 0.25) is 5.89 Å². The number of aromatic nitrogens is 2. The van der Waals surface area contributed by atoms with Gasteiger partial charge in [0.15, 0.2) is 5.82 Å². The van der Waals surface area contributed by atoms with Gasteiger partial charge in [-0.1, -0.05) is 38.1 Å². The molecule has 1 fully saturated rings. The molecule has 2 aromatic rings. The van der Waals surface area contributed by atoms with Gasteiger partial charge in [-0.05, 0) is 19.1 Å². The van der Waals surface area contributed by atoms with Gasteiger partial charge < -0.3 is 9.42 Å². The maximum Gasteiger partial charge on any atom is 0.243 e. The van der Waals surface area contributed by atoms with E-state index in [2.05, 4.69) is 47.6 Å². The molecule has 5 nitrogen and oxygen atoms in total. The Morgan fingerprint density at radius 1 is 1.12 bits per heavy atom. The lowest BCUT2D eigenvalue weighted by Crippen LogP contribution is -2.47. The minimum Gasteiger partial charge on any atom is -0.367 e. The third kappa shape index (κ3) is 3.43. The standard InChI is InChI=1S/C18H25FN4O/c1-13(16-20-17(21-24-16)18(2,3)4)22-9-11-23(12-10-22)15-8-6-5-7-14(15)19/h5-8,13H,9-12H2,1-4H3. The van der Waals surface area contributed by atoms with Crippen molar-refractivity contribution in [1.29, 1.82) is 0 Å². The molecule has 1 aromatic heterocycles. The van der Waals surface area contributed by atoms with Crippen LogP contribution >= 0.6 is 0 Å². The normalized spacial score (nSPS) is 18.0. The molecule has 0 amide bonds. The molecule has 1 unspecified atom stereocenters. The third-order valence-electron chi connectivity index (χ3n) is 4.53. The van der Waals surface area contributed by atoms with Gasteiger partial charge in [-0.15, -0.1) is 0 Å². The van der Waals surface area contributed by atoms with Crippen LogP contribution in [0, 0.1) is 5.82 Å². The number of hydrogen-bond donors (Lipinski definition) is 0. The van der Waals surface area contributed by atoms with Crippen molar-refractivity contribution in [3.05, 3.63) is 41.8 Å². The number of para-hydroxylation sites is 1. The van der Waals surface area contributed by atoms with Gasteiger partial charge in [0.05, 0.1) is 11.7 Å². The summed E-state index contributed by atoms with van der Waals surface area (Å²) in [6.07, 6.45) is 0. The van der Waals surface area contributed by atoms with Crippen molar-refractivity contribution in [2.75, 3.05) is 31.1 Å². The molecule has 130 valence electrons. The first-order valence-corrected chi connectivity index (χ1v) is 8.44. The van der Waals surface area contributed by atoms with Crippen molar-refractivity contribution in [1.82, 2.24) is 15.0 Å². The zero-order chi connectivity index (χ0) is 17.3. The summed E-state index contributed by atoms with van der Waals surface area (Å²) in [4.78, 5) is 8.95. The first kappa shape index (κ1) is 16.9. The van der Waals surface area contributed by atoms with Crippen molar-refractivity contribution in [2.45, 2.75) is 39.2 Å². The monoisotopic (exact) mass is 332 g/mol. The summed E-state index contributed by atoms with van der Waals surface area (Å²) in [5.74, 6) is 1.22. The fourth-order valence-electron chi connectivity index (χ4n) is 2.92. The molecule has 0 spiro atoms. The zero-order valence-corrected chi connectivity index (χ0v) is 14.8. The average molecular weight is 332 g/mol. The highest BCUT2D eigenvalue weighted by atomic mass is 19.1. The Morgan fingerprint density at radius 3 is 2.38 bits per heavy atom. The predicted octanol–water partition coefficient (Wildman–Crippen LogP) is 3.39.